The van der Waals surface area contributed by atoms with Gasteiger partial charge in [0.15, 0.2) is 0 Å². The predicted molar refractivity (Wildman–Crippen MR) is 71.2 cm³/mol. The summed E-state index contributed by atoms with van der Waals surface area (Å²) in [6.45, 7) is 0. The lowest BCUT2D eigenvalue weighted by Crippen LogP contribution is -2.32. The van der Waals surface area contributed by atoms with Crippen molar-refractivity contribution in [2.24, 2.45) is 11.7 Å². The zero-order valence-electron chi connectivity index (χ0n) is 8.96. The molecule has 1 aliphatic heterocycles. The van der Waals surface area contributed by atoms with Crippen molar-refractivity contribution in [1.29, 1.82) is 0 Å². The monoisotopic (exact) mass is 303 g/mol. The topological polar surface area (TPSA) is 26.0 Å². The lowest BCUT2D eigenvalue weighted by molar-refractivity contribution is 0.461. The second-order valence-electron chi connectivity index (χ2n) is 4.23. The average molecular weight is 304 g/mol. The van der Waals surface area contributed by atoms with Crippen LogP contribution in [0.4, 0.5) is 4.39 Å². The lowest BCUT2D eigenvalue weighted by atomic mass is 9.94. The van der Waals surface area contributed by atoms with E-state index < -0.39 is 0 Å². The molecule has 0 aromatic heterocycles. The number of rotatable bonds is 3. The summed E-state index contributed by atoms with van der Waals surface area (Å²) in [4.78, 5) is 0. The van der Waals surface area contributed by atoms with Crippen molar-refractivity contribution < 1.29 is 4.39 Å². The molecule has 2 atom stereocenters. The van der Waals surface area contributed by atoms with Crippen LogP contribution in [0.15, 0.2) is 22.7 Å². The summed E-state index contributed by atoms with van der Waals surface area (Å²) < 4.78 is 14.1. The van der Waals surface area contributed by atoms with Crippen LogP contribution in [0.3, 0.4) is 0 Å². The SMILES string of the molecule is NC(Cc1cc(F)ccc1Br)C1CCSC1. The molecule has 2 unspecified atom stereocenters. The molecule has 1 aromatic rings. The van der Waals surface area contributed by atoms with Crippen molar-refractivity contribution in [2.45, 2.75) is 18.9 Å². The van der Waals surface area contributed by atoms with Crippen molar-refractivity contribution in [1.82, 2.24) is 0 Å². The van der Waals surface area contributed by atoms with Crippen LogP contribution in [0, 0.1) is 11.7 Å². The van der Waals surface area contributed by atoms with E-state index >= 15 is 0 Å². The van der Waals surface area contributed by atoms with E-state index in [4.69, 9.17) is 5.73 Å². The summed E-state index contributed by atoms with van der Waals surface area (Å²) in [5.41, 5.74) is 7.15. The Hall–Kier alpha value is -0.0600. The Morgan fingerprint density at radius 3 is 3.06 bits per heavy atom. The third kappa shape index (κ3) is 2.99. The van der Waals surface area contributed by atoms with Crippen LogP contribution >= 0.6 is 27.7 Å². The minimum Gasteiger partial charge on any atom is -0.327 e. The van der Waals surface area contributed by atoms with Crippen LogP contribution in [-0.2, 0) is 6.42 Å². The predicted octanol–water partition coefficient (Wildman–Crippen LogP) is 3.21. The summed E-state index contributed by atoms with van der Waals surface area (Å²) in [7, 11) is 0. The lowest BCUT2D eigenvalue weighted by Gasteiger charge is -2.18. The van der Waals surface area contributed by atoms with E-state index in [9.17, 15) is 4.39 Å². The fourth-order valence-electron chi connectivity index (χ4n) is 2.01. The molecule has 2 rings (SSSR count). The fourth-order valence-corrected chi connectivity index (χ4v) is 3.77. The second-order valence-corrected chi connectivity index (χ2v) is 6.23. The quantitative estimate of drug-likeness (QED) is 0.928. The molecule has 1 saturated heterocycles. The Morgan fingerprint density at radius 2 is 2.38 bits per heavy atom. The van der Waals surface area contributed by atoms with Gasteiger partial charge in [0.05, 0.1) is 0 Å². The zero-order chi connectivity index (χ0) is 11.5. The molecule has 0 aliphatic carbocycles. The number of thioether (sulfide) groups is 1. The first-order chi connectivity index (χ1) is 7.66. The van der Waals surface area contributed by atoms with E-state index in [-0.39, 0.29) is 11.9 Å². The van der Waals surface area contributed by atoms with Crippen molar-refractivity contribution in [3.8, 4) is 0 Å². The Kier molecular flexibility index (Phi) is 4.27. The van der Waals surface area contributed by atoms with Gasteiger partial charge in [-0.3, -0.25) is 0 Å². The van der Waals surface area contributed by atoms with E-state index in [1.807, 2.05) is 11.8 Å². The third-order valence-corrected chi connectivity index (χ3v) is 5.00. The molecule has 1 aliphatic rings. The van der Waals surface area contributed by atoms with E-state index in [1.165, 1.54) is 18.2 Å². The van der Waals surface area contributed by atoms with Gasteiger partial charge in [0.2, 0.25) is 0 Å². The highest BCUT2D eigenvalue weighted by Crippen LogP contribution is 2.28. The first kappa shape index (κ1) is 12.4. The normalized spacial score (nSPS) is 22.3. The maximum absolute atomic E-state index is 13.1. The minimum atomic E-state index is -0.189. The molecule has 0 radical (unpaired) electrons. The Bertz CT molecular complexity index is 366. The molecule has 1 aromatic carbocycles. The van der Waals surface area contributed by atoms with Crippen LogP contribution < -0.4 is 5.73 Å². The standard InChI is InChI=1S/C12H15BrFNS/c13-11-2-1-10(14)5-9(11)6-12(15)8-3-4-16-7-8/h1-2,5,8,12H,3-4,6-7,15H2. The van der Waals surface area contributed by atoms with Gasteiger partial charge in [0, 0.05) is 10.5 Å². The molecule has 16 heavy (non-hydrogen) atoms. The molecule has 4 heteroatoms. The smallest absolute Gasteiger partial charge is 0.123 e. The van der Waals surface area contributed by atoms with E-state index in [1.54, 1.807) is 12.1 Å². The summed E-state index contributed by atoms with van der Waals surface area (Å²) in [5.74, 6) is 2.75. The van der Waals surface area contributed by atoms with Gasteiger partial charge >= 0.3 is 0 Å². The van der Waals surface area contributed by atoms with Gasteiger partial charge < -0.3 is 5.73 Å². The van der Waals surface area contributed by atoms with E-state index in [0.717, 1.165) is 22.2 Å². The van der Waals surface area contributed by atoms with Gasteiger partial charge in [0.1, 0.15) is 5.82 Å². The number of hydrogen-bond donors (Lipinski definition) is 1. The molecule has 1 heterocycles. The van der Waals surface area contributed by atoms with Crippen LogP contribution in [0.5, 0.6) is 0 Å². The Morgan fingerprint density at radius 1 is 1.56 bits per heavy atom. The fraction of sp³-hybridized carbons (Fsp3) is 0.500. The van der Waals surface area contributed by atoms with Gasteiger partial charge in [-0.25, -0.2) is 4.39 Å². The third-order valence-electron chi connectivity index (χ3n) is 3.03. The molecule has 88 valence electrons. The largest absolute Gasteiger partial charge is 0.327 e. The van der Waals surface area contributed by atoms with Gasteiger partial charge in [0.25, 0.3) is 0 Å². The molecular weight excluding hydrogens is 289 g/mol. The van der Waals surface area contributed by atoms with Crippen molar-refractivity contribution in [3.05, 3.63) is 34.1 Å². The average Bonchev–Trinajstić information content (AvgIpc) is 2.76. The highest BCUT2D eigenvalue weighted by atomic mass is 79.9. The zero-order valence-corrected chi connectivity index (χ0v) is 11.4. The van der Waals surface area contributed by atoms with Crippen LogP contribution in [0.2, 0.25) is 0 Å². The number of hydrogen-bond acceptors (Lipinski definition) is 2. The highest BCUT2D eigenvalue weighted by Gasteiger charge is 2.23. The van der Waals surface area contributed by atoms with Crippen LogP contribution in [0.25, 0.3) is 0 Å². The van der Waals surface area contributed by atoms with Gasteiger partial charge in [-0.2, -0.15) is 11.8 Å². The molecule has 0 amide bonds. The van der Waals surface area contributed by atoms with Crippen molar-refractivity contribution in [2.75, 3.05) is 11.5 Å². The Balaban J connectivity index is 2.04. The van der Waals surface area contributed by atoms with Gasteiger partial charge in [-0.15, -0.1) is 0 Å². The summed E-state index contributed by atoms with van der Waals surface area (Å²) in [5, 5.41) is 0. The molecular formula is C12H15BrFNS. The number of halogens is 2. The molecule has 1 nitrogen and oxygen atoms in total. The second kappa shape index (κ2) is 5.52. The minimum absolute atomic E-state index is 0.146. The molecule has 1 fully saturated rings. The summed E-state index contributed by atoms with van der Waals surface area (Å²) in [6, 6.07) is 4.94. The molecule has 0 spiro atoms. The first-order valence-electron chi connectivity index (χ1n) is 5.44. The summed E-state index contributed by atoms with van der Waals surface area (Å²) >= 11 is 5.40. The number of nitrogens with two attached hydrogens (primary N) is 1. The van der Waals surface area contributed by atoms with Gasteiger partial charge in [-0.05, 0) is 54.0 Å². The maximum Gasteiger partial charge on any atom is 0.123 e. The van der Waals surface area contributed by atoms with Crippen molar-refractivity contribution in [3.63, 3.8) is 0 Å². The molecule has 0 bridgehead atoms. The summed E-state index contributed by atoms with van der Waals surface area (Å²) in [6.07, 6.45) is 1.95. The maximum atomic E-state index is 13.1. The Labute approximate surface area is 108 Å². The van der Waals surface area contributed by atoms with Crippen LogP contribution in [-0.4, -0.2) is 17.5 Å². The van der Waals surface area contributed by atoms with E-state index in [0.29, 0.717) is 5.92 Å². The van der Waals surface area contributed by atoms with Gasteiger partial charge in [-0.1, -0.05) is 15.9 Å². The van der Waals surface area contributed by atoms with E-state index in [2.05, 4.69) is 15.9 Å². The van der Waals surface area contributed by atoms with Crippen molar-refractivity contribution >= 4 is 27.7 Å². The number of benzene rings is 1. The van der Waals surface area contributed by atoms with Crippen LogP contribution in [0.1, 0.15) is 12.0 Å². The first-order valence-corrected chi connectivity index (χ1v) is 7.39. The highest BCUT2D eigenvalue weighted by molar-refractivity contribution is 9.10. The molecule has 2 N–H and O–H groups in total. The molecule has 0 saturated carbocycles.